The maximum Gasteiger partial charge on any atom is 0.315 e. The number of ether oxygens (including phenoxy) is 1. The van der Waals surface area contributed by atoms with Crippen LogP contribution in [0, 0.1) is 0 Å². The minimum Gasteiger partial charge on any atom is -0.487 e. The van der Waals surface area contributed by atoms with Gasteiger partial charge in [0, 0.05) is 18.0 Å². The van der Waals surface area contributed by atoms with Gasteiger partial charge in [-0.25, -0.2) is 4.79 Å². The van der Waals surface area contributed by atoms with Crippen LogP contribution in [0.25, 0.3) is 0 Å². The molecule has 0 spiro atoms. The van der Waals surface area contributed by atoms with E-state index in [0.29, 0.717) is 6.04 Å². The molecule has 1 aromatic rings. The van der Waals surface area contributed by atoms with Gasteiger partial charge in [0.15, 0.2) is 0 Å². The Morgan fingerprint density at radius 3 is 2.73 bits per heavy atom. The molecule has 1 fully saturated rings. The third-order valence-electron chi connectivity index (χ3n) is 4.24. The monoisotopic (exact) mass is 320 g/mol. The number of carbonyl (C=O) groups excluding carboxylic acids is 1. The lowest BCUT2D eigenvalue weighted by atomic mass is 9.90. The summed E-state index contributed by atoms with van der Waals surface area (Å²) in [7, 11) is 0. The van der Waals surface area contributed by atoms with Crippen molar-refractivity contribution >= 4 is 17.8 Å². The first-order valence-electron chi connectivity index (χ1n) is 7.96. The maximum absolute atomic E-state index is 12.3. The predicted molar refractivity (Wildman–Crippen MR) is 90.5 cm³/mol. The van der Waals surface area contributed by atoms with Crippen LogP contribution in [0.2, 0.25) is 0 Å². The number of amides is 2. The lowest BCUT2D eigenvalue weighted by molar-refractivity contribution is 0.0678. The van der Waals surface area contributed by atoms with Gasteiger partial charge >= 0.3 is 6.03 Å². The Labute approximate surface area is 136 Å². The number of carbonyl (C=O) groups is 1. The van der Waals surface area contributed by atoms with Crippen LogP contribution in [-0.4, -0.2) is 29.2 Å². The Morgan fingerprint density at radius 1 is 1.23 bits per heavy atom. The fourth-order valence-corrected chi connectivity index (χ4v) is 4.26. The number of hydrogen-bond acceptors (Lipinski definition) is 3. The molecule has 2 heterocycles. The van der Waals surface area contributed by atoms with Crippen molar-refractivity contribution in [3.63, 3.8) is 0 Å². The highest BCUT2D eigenvalue weighted by Gasteiger charge is 2.34. The standard InChI is InChI=1S/C17H24N2O2S/c1-17(2)11-14(13-5-3-4-6-15(13)21-17)19-16(20)18-12-7-9-22-10-8-12/h3-6,12,14H,7-11H2,1-2H3,(H2,18,19,20)/t14-/m0/s1. The minimum atomic E-state index is -0.270. The molecule has 5 heteroatoms. The molecule has 0 saturated carbocycles. The normalized spacial score (nSPS) is 24.0. The van der Waals surface area contributed by atoms with Crippen molar-refractivity contribution in [1.29, 1.82) is 0 Å². The third-order valence-corrected chi connectivity index (χ3v) is 5.29. The fourth-order valence-electron chi connectivity index (χ4n) is 3.16. The Morgan fingerprint density at radius 2 is 1.95 bits per heavy atom. The number of rotatable bonds is 2. The van der Waals surface area contributed by atoms with Crippen molar-refractivity contribution in [2.45, 2.75) is 50.8 Å². The highest BCUT2D eigenvalue weighted by molar-refractivity contribution is 7.99. The lowest BCUT2D eigenvalue weighted by Gasteiger charge is -2.38. The average Bonchev–Trinajstić information content (AvgIpc) is 2.47. The molecule has 0 unspecified atom stereocenters. The van der Waals surface area contributed by atoms with Crippen LogP contribution in [0.4, 0.5) is 4.79 Å². The van der Waals surface area contributed by atoms with Crippen molar-refractivity contribution in [1.82, 2.24) is 10.6 Å². The van der Waals surface area contributed by atoms with Crippen LogP contribution in [0.5, 0.6) is 5.75 Å². The molecule has 2 N–H and O–H groups in total. The molecule has 1 aromatic carbocycles. The molecule has 0 radical (unpaired) electrons. The van der Waals surface area contributed by atoms with Gasteiger partial charge in [-0.2, -0.15) is 11.8 Å². The van der Waals surface area contributed by atoms with Crippen LogP contribution in [0.1, 0.15) is 44.7 Å². The van der Waals surface area contributed by atoms with Crippen molar-refractivity contribution in [3.05, 3.63) is 29.8 Å². The Balaban J connectivity index is 1.67. The molecule has 1 saturated heterocycles. The SMILES string of the molecule is CC1(C)C[C@H](NC(=O)NC2CCSCC2)c2ccccc2O1. The van der Waals surface area contributed by atoms with Crippen LogP contribution in [0.3, 0.4) is 0 Å². The summed E-state index contributed by atoms with van der Waals surface area (Å²) in [5.74, 6) is 3.15. The smallest absolute Gasteiger partial charge is 0.315 e. The van der Waals surface area contributed by atoms with E-state index in [-0.39, 0.29) is 17.7 Å². The van der Waals surface area contributed by atoms with Gasteiger partial charge in [0.25, 0.3) is 0 Å². The molecule has 1 atom stereocenters. The molecule has 22 heavy (non-hydrogen) atoms. The summed E-state index contributed by atoms with van der Waals surface area (Å²) in [4.78, 5) is 12.3. The second-order valence-electron chi connectivity index (χ2n) is 6.66. The molecule has 0 aliphatic carbocycles. The van der Waals surface area contributed by atoms with Crippen LogP contribution in [-0.2, 0) is 0 Å². The summed E-state index contributed by atoms with van der Waals surface area (Å²) in [5, 5.41) is 6.26. The number of benzene rings is 1. The van der Waals surface area contributed by atoms with Gasteiger partial charge in [-0.3, -0.25) is 0 Å². The van der Waals surface area contributed by atoms with Crippen LogP contribution in [0.15, 0.2) is 24.3 Å². The summed E-state index contributed by atoms with van der Waals surface area (Å²) in [5.41, 5.74) is 0.796. The molecule has 120 valence electrons. The van der Waals surface area contributed by atoms with E-state index in [2.05, 4.69) is 24.5 Å². The fraction of sp³-hybridized carbons (Fsp3) is 0.588. The van der Waals surface area contributed by atoms with Gasteiger partial charge in [-0.1, -0.05) is 18.2 Å². The first kappa shape index (κ1) is 15.5. The van der Waals surface area contributed by atoms with Gasteiger partial charge in [-0.15, -0.1) is 0 Å². The average molecular weight is 320 g/mol. The number of hydrogen-bond donors (Lipinski definition) is 2. The molecule has 0 bridgehead atoms. The van der Waals surface area contributed by atoms with E-state index in [0.717, 1.165) is 42.1 Å². The van der Waals surface area contributed by atoms with E-state index in [4.69, 9.17) is 4.74 Å². The molecule has 3 rings (SSSR count). The zero-order valence-corrected chi connectivity index (χ0v) is 14.0. The van der Waals surface area contributed by atoms with E-state index < -0.39 is 0 Å². The minimum absolute atomic E-state index is 0.00193. The summed E-state index contributed by atoms with van der Waals surface area (Å²) in [6.07, 6.45) is 2.90. The molecular weight excluding hydrogens is 296 g/mol. The van der Waals surface area contributed by atoms with Crippen molar-refractivity contribution in [2.24, 2.45) is 0 Å². The van der Waals surface area contributed by atoms with Gasteiger partial charge in [0.05, 0.1) is 6.04 Å². The zero-order chi connectivity index (χ0) is 15.6. The Bertz CT molecular complexity index is 541. The first-order chi connectivity index (χ1) is 10.5. The molecular formula is C17H24N2O2S. The van der Waals surface area contributed by atoms with E-state index in [1.165, 1.54) is 0 Å². The second-order valence-corrected chi connectivity index (χ2v) is 7.89. The topological polar surface area (TPSA) is 50.4 Å². The van der Waals surface area contributed by atoms with Crippen molar-refractivity contribution in [3.8, 4) is 5.75 Å². The molecule has 0 aromatic heterocycles. The van der Waals surface area contributed by atoms with Crippen molar-refractivity contribution in [2.75, 3.05) is 11.5 Å². The third kappa shape index (κ3) is 3.69. The van der Waals surface area contributed by atoms with Crippen molar-refractivity contribution < 1.29 is 9.53 Å². The lowest BCUT2D eigenvalue weighted by Crippen LogP contribution is -2.47. The number of para-hydroxylation sites is 1. The molecule has 2 amide bonds. The van der Waals surface area contributed by atoms with E-state index in [1.54, 1.807) is 0 Å². The number of thioether (sulfide) groups is 1. The van der Waals surface area contributed by atoms with Gasteiger partial charge < -0.3 is 15.4 Å². The molecule has 2 aliphatic rings. The summed E-state index contributed by atoms with van der Waals surface area (Å²) >= 11 is 1.96. The number of fused-ring (bicyclic) bond motifs is 1. The number of urea groups is 1. The predicted octanol–water partition coefficient (Wildman–Crippen LogP) is 3.48. The van der Waals surface area contributed by atoms with Crippen LogP contribution < -0.4 is 15.4 Å². The van der Waals surface area contributed by atoms with Gasteiger partial charge in [0.2, 0.25) is 0 Å². The van der Waals surface area contributed by atoms with E-state index in [1.807, 2.05) is 36.0 Å². The second kappa shape index (κ2) is 6.41. The van der Waals surface area contributed by atoms with Crippen LogP contribution >= 0.6 is 11.8 Å². The highest BCUT2D eigenvalue weighted by Crippen LogP contribution is 2.39. The largest absolute Gasteiger partial charge is 0.487 e. The summed E-state index contributed by atoms with van der Waals surface area (Å²) in [6.45, 7) is 4.13. The summed E-state index contributed by atoms with van der Waals surface area (Å²) in [6, 6.07) is 8.22. The van der Waals surface area contributed by atoms with Gasteiger partial charge in [0.1, 0.15) is 11.4 Å². The zero-order valence-electron chi connectivity index (χ0n) is 13.2. The van der Waals surface area contributed by atoms with E-state index in [9.17, 15) is 4.79 Å². The van der Waals surface area contributed by atoms with E-state index >= 15 is 0 Å². The highest BCUT2D eigenvalue weighted by atomic mass is 32.2. The molecule has 2 aliphatic heterocycles. The Hall–Kier alpha value is -1.36. The molecule has 4 nitrogen and oxygen atoms in total. The number of nitrogens with one attached hydrogen (secondary N) is 2. The van der Waals surface area contributed by atoms with Gasteiger partial charge in [-0.05, 0) is 44.3 Å². The Kier molecular flexibility index (Phi) is 4.52. The summed E-state index contributed by atoms with van der Waals surface area (Å²) < 4.78 is 6.01. The first-order valence-corrected chi connectivity index (χ1v) is 9.12. The maximum atomic E-state index is 12.3. The quantitative estimate of drug-likeness (QED) is 0.877.